The molecule has 4 nitrogen and oxygen atoms in total. The minimum absolute atomic E-state index is 0.175. The molecule has 0 radical (unpaired) electrons. The lowest BCUT2D eigenvalue weighted by molar-refractivity contribution is 0.211. The summed E-state index contributed by atoms with van der Waals surface area (Å²) in [6.07, 6.45) is 1.14. The van der Waals surface area contributed by atoms with Gasteiger partial charge in [0, 0.05) is 6.26 Å². The zero-order valence-electron chi connectivity index (χ0n) is 11.5. The van der Waals surface area contributed by atoms with Crippen LogP contribution >= 0.6 is 0 Å². The maximum Gasteiger partial charge on any atom is 0.175 e. The number of para-hydroxylation sites is 1. The van der Waals surface area contributed by atoms with Crippen molar-refractivity contribution >= 4 is 9.84 Å². The molecule has 0 spiro atoms. The van der Waals surface area contributed by atoms with Crippen LogP contribution in [0.4, 0.5) is 4.39 Å². The molecular weight excluding hydrogens is 295 g/mol. The number of hydrogen-bond acceptors (Lipinski definition) is 4. The number of sulfone groups is 1. The van der Waals surface area contributed by atoms with Gasteiger partial charge in [0.1, 0.15) is 19.0 Å². The summed E-state index contributed by atoms with van der Waals surface area (Å²) in [4.78, 5) is 0.234. The highest BCUT2D eigenvalue weighted by Gasteiger charge is 2.06. The van der Waals surface area contributed by atoms with Crippen LogP contribution in [0.25, 0.3) is 0 Å². The van der Waals surface area contributed by atoms with Gasteiger partial charge in [-0.1, -0.05) is 12.1 Å². The van der Waals surface area contributed by atoms with E-state index in [1.165, 1.54) is 24.3 Å². The average Bonchev–Trinajstić information content (AvgIpc) is 2.45. The van der Waals surface area contributed by atoms with E-state index in [0.717, 1.165) is 6.26 Å². The molecule has 0 saturated heterocycles. The third kappa shape index (κ3) is 4.46. The summed E-state index contributed by atoms with van der Waals surface area (Å²) in [5, 5.41) is 0. The molecule has 0 aliphatic carbocycles. The maximum absolute atomic E-state index is 13.3. The van der Waals surface area contributed by atoms with Gasteiger partial charge in [-0.15, -0.1) is 0 Å². The summed E-state index contributed by atoms with van der Waals surface area (Å²) in [7, 11) is -3.21. The van der Waals surface area contributed by atoms with Crippen molar-refractivity contribution in [1.82, 2.24) is 0 Å². The fourth-order valence-corrected chi connectivity index (χ4v) is 2.29. The number of hydrogen-bond donors (Lipinski definition) is 0. The monoisotopic (exact) mass is 310 g/mol. The molecule has 2 aromatic rings. The van der Waals surface area contributed by atoms with Gasteiger partial charge in [-0.25, -0.2) is 12.8 Å². The number of rotatable bonds is 6. The molecule has 0 N–H and O–H groups in total. The third-order valence-corrected chi connectivity index (χ3v) is 3.83. The third-order valence-electron chi connectivity index (χ3n) is 2.70. The highest BCUT2D eigenvalue weighted by Crippen LogP contribution is 2.17. The predicted octanol–water partition coefficient (Wildman–Crippen LogP) is 2.69. The van der Waals surface area contributed by atoms with Crippen molar-refractivity contribution in [3.8, 4) is 11.5 Å². The summed E-state index contributed by atoms with van der Waals surface area (Å²) in [6, 6.07) is 12.2. The minimum Gasteiger partial charge on any atom is -0.490 e. The lowest BCUT2D eigenvalue weighted by Crippen LogP contribution is -2.09. The molecule has 0 aromatic heterocycles. The van der Waals surface area contributed by atoms with E-state index in [9.17, 15) is 12.8 Å². The van der Waals surface area contributed by atoms with Crippen LogP contribution in [-0.2, 0) is 9.84 Å². The fraction of sp³-hybridized carbons (Fsp3) is 0.200. The van der Waals surface area contributed by atoms with Gasteiger partial charge in [0.25, 0.3) is 0 Å². The number of ether oxygens (including phenoxy) is 2. The first-order chi connectivity index (χ1) is 9.97. The smallest absolute Gasteiger partial charge is 0.175 e. The summed E-state index contributed by atoms with van der Waals surface area (Å²) in [5.74, 6) is 0.281. The van der Waals surface area contributed by atoms with Gasteiger partial charge in [-0.2, -0.15) is 0 Å². The Bertz CT molecular complexity index is 696. The zero-order chi connectivity index (χ0) is 15.3. The molecule has 0 bridgehead atoms. The van der Waals surface area contributed by atoms with Gasteiger partial charge < -0.3 is 9.47 Å². The zero-order valence-corrected chi connectivity index (χ0v) is 12.3. The topological polar surface area (TPSA) is 52.6 Å². The van der Waals surface area contributed by atoms with E-state index < -0.39 is 15.7 Å². The molecule has 2 rings (SSSR count). The van der Waals surface area contributed by atoms with Crippen molar-refractivity contribution in [3.63, 3.8) is 0 Å². The van der Waals surface area contributed by atoms with Crippen molar-refractivity contribution in [2.45, 2.75) is 4.90 Å². The van der Waals surface area contributed by atoms with Gasteiger partial charge in [-0.3, -0.25) is 0 Å². The molecule has 0 amide bonds. The molecule has 21 heavy (non-hydrogen) atoms. The maximum atomic E-state index is 13.3. The molecule has 0 saturated carbocycles. The molecule has 0 fully saturated rings. The predicted molar refractivity (Wildman–Crippen MR) is 76.9 cm³/mol. The summed E-state index contributed by atoms with van der Waals surface area (Å²) in [6.45, 7) is 0.418. The van der Waals surface area contributed by atoms with Crippen molar-refractivity contribution in [3.05, 3.63) is 54.3 Å². The van der Waals surface area contributed by atoms with E-state index in [0.29, 0.717) is 5.75 Å². The van der Waals surface area contributed by atoms with E-state index in [1.807, 2.05) is 0 Å². The molecule has 0 heterocycles. The summed E-state index contributed by atoms with van der Waals surface area (Å²) in [5.41, 5.74) is 0. The minimum atomic E-state index is -3.21. The van der Waals surface area contributed by atoms with E-state index in [1.54, 1.807) is 24.3 Å². The fourth-order valence-electron chi connectivity index (χ4n) is 1.66. The van der Waals surface area contributed by atoms with Crippen molar-refractivity contribution < 1.29 is 22.3 Å². The lowest BCUT2D eigenvalue weighted by atomic mass is 10.3. The van der Waals surface area contributed by atoms with Gasteiger partial charge >= 0.3 is 0 Å². The number of halogens is 1. The number of benzene rings is 2. The van der Waals surface area contributed by atoms with Crippen molar-refractivity contribution in [2.75, 3.05) is 19.5 Å². The van der Waals surface area contributed by atoms with Crippen LogP contribution in [-0.4, -0.2) is 27.9 Å². The highest BCUT2D eigenvalue weighted by atomic mass is 32.2. The molecule has 0 aliphatic heterocycles. The van der Waals surface area contributed by atoms with E-state index in [4.69, 9.17) is 9.47 Å². The highest BCUT2D eigenvalue weighted by molar-refractivity contribution is 7.90. The molecule has 0 aliphatic rings. The second-order valence-electron chi connectivity index (χ2n) is 4.37. The Kier molecular flexibility index (Phi) is 4.80. The van der Waals surface area contributed by atoms with Gasteiger partial charge in [0.2, 0.25) is 0 Å². The van der Waals surface area contributed by atoms with Crippen molar-refractivity contribution in [1.29, 1.82) is 0 Å². The standard InChI is InChI=1S/C15H15FO4S/c1-21(17,18)13-8-6-12(7-9-13)19-10-11-20-15-5-3-2-4-14(15)16/h2-9H,10-11H2,1H3. The van der Waals surface area contributed by atoms with Crippen LogP contribution in [0.15, 0.2) is 53.4 Å². The molecule has 2 aromatic carbocycles. The second-order valence-corrected chi connectivity index (χ2v) is 6.39. The van der Waals surface area contributed by atoms with Crippen LogP contribution in [0.5, 0.6) is 11.5 Å². The Morgan fingerprint density at radius 2 is 1.57 bits per heavy atom. The first kappa shape index (κ1) is 15.3. The van der Waals surface area contributed by atoms with Crippen molar-refractivity contribution in [2.24, 2.45) is 0 Å². The van der Waals surface area contributed by atoms with Crippen LogP contribution in [0.2, 0.25) is 0 Å². The van der Waals surface area contributed by atoms with Crippen LogP contribution < -0.4 is 9.47 Å². The first-order valence-corrected chi connectivity index (χ1v) is 8.16. The largest absolute Gasteiger partial charge is 0.490 e. The van der Waals surface area contributed by atoms with Gasteiger partial charge in [0.05, 0.1) is 4.90 Å². The van der Waals surface area contributed by atoms with Crippen LogP contribution in [0, 0.1) is 5.82 Å². The Hall–Kier alpha value is -2.08. The summed E-state index contributed by atoms with van der Waals surface area (Å²) >= 11 is 0. The van der Waals surface area contributed by atoms with E-state index in [-0.39, 0.29) is 23.9 Å². The quantitative estimate of drug-likeness (QED) is 0.770. The lowest BCUT2D eigenvalue weighted by Gasteiger charge is -2.09. The van der Waals surface area contributed by atoms with Gasteiger partial charge in [0.15, 0.2) is 21.4 Å². The summed E-state index contributed by atoms with van der Waals surface area (Å²) < 4.78 is 46.5. The Labute approximate surface area is 123 Å². The molecular formula is C15H15FO4S. The molecule has 0 atom stereocenters. The molecule has 0 unspecified atom stereocenters. The molecule has 112 valence electrons. The first-order valence-electron chi connectivity index (χ1n) is 6.27. The van der Waals surface area contributed by atoms with Crippen LogP contribution in [0.3, 0.4) is 0 Å². The van der Waals surface area contributed by atoms with Gasteiger partial charge in [-0.05, 0) is 36.4 Å². The van der Waals surface area contributed by atoms with E-state index in [2.05, 4.69) is 0 Å². The SMILES string of the molecule is CS(=O)(=O)c1ccc(OCCOc2ccccc2F)cc1. The second kappa shape index (κ2) is 6.58. The molecule has 6 heteroatoms. The Balaban J connectivity index is 1.83. The Morgan fingerprint density at radius 1 is 0.952 bits per heavy atom. The van der Waals surface area contributed by atoms with Crippen LogP contribution in [0.1, 0.15) is 0 Å². The Morgan fingerprint density at radius 3 is 2.19 bits per heavy atom. The average molecular weight is 310 g/mol. The van der Waals surface area contributed by atoms with E-state index >= 15 is 0 Å². The normalized spacial score (nSPS) is 11.1.